The fourth-order valence-corrected chi connectivity index (χ4v) is 2.80. The van der Waals surface area contributed by atoms with Crippen molar-refractivity contribution >= 4 is 34.8 Å². The van der Waals surface area contributed by atoms with E-state index in [2.05, 4.69) is 15.4 Å². The Morgan fingerprint density at radius 1 is 1.00 bits per heavy atom. The minimum atomic E-state index is 0.268. The fourth-order valence-electron chi connectivity index (χ4n) is 2.27. The summed E-state index contributed by atoms with van der Waals surface area (Å²) in [6, 6.07) is 13.2. The maximum Gasteiger partial charge on any atom is 0.337 e. The molecule has 3 aromatic rings. The van der Waals surface area contributed by atoms with E-state index in [0.29, 0.717) is 28.2 Å². The number of benzene rings is 2. The lowest BCUT2D eigenvalue weighted by molar-refractivity contribution is 0.377. The number of hydrogen-bond donors (Lipinski definition) is 1. The zero-order chi connectivity index (χ0) is 17.8. The average molecular weight is 379 g/mol. The van der Waals surface area contributed by atoms with E-state index in [0.717, 1.165) is 11.3 Å². The van der Waals surface area contributed by atoms with E-state index in [1.807, 2.05) is 24.3 Å². The van der Waals surface area contributed by atoms with E-state index in [1.165, 1.54) is 7.11 Å². The van der Waals surface area contributed by atoms with E-state index in [-0.39, 0.29) is 6.01 Å². The van der Waals surface area contributed by atoms with Crippen molar-refractivity contribution in [2.45, 2.75) is 6.54 Å². The highest BCUT2D eigenvalue weighted by Crippen LogP contribution is 2.26. The third-order valence-electron chi connectivity index (χ3n) is 3.44. The Kier molecular flexibility index (Phi) is 5.31. The van der Waals surface area contributed by atoms with Crippen molar-refractivity contribution in [3.63, 3.8) is 0 Å². The van der Waals surface area contributed by atoms with Gasteiger partial charge in [0.1, 0.15) is 5.75 Å². The average Bonchev–Trinajstić information content (AvgIpc) is 2.96. The van der Waals surface area contributed by atoms with Gasteiger partial charge in [-0.15, -0.1) is 5.10 Å². The molecule has 6 nitrogen and oxygen atoms in total. The molecule has 1 N–H and O–H groups in total. The van der Waals surface area contributed by atoms with Crippen LogP contribution in [0.3, 0.4) is 0 Å². The van der Waals surface area contributed by atoms with Crippen LogP contribution in [0.1, 0.15) is 5.56 Å². The molecule has 0 aliphatic carbocycles. The van der Waals surface area contributed by atoms with Crippen molar-refractivity contribution in [1.29, 1.82) is 0 Å². The Labute approximate surface area is 155 Å². The van der Waals surface area contributed by atoms with Gasteiger partial charge >= 0.3 is 6.01 Å². The number of hydrogen-bond acceptors (Lipinski definition) is 5. The van der Waals surface area contributed by atoms with Crippen molar-refractivity contribution in [3.05, 3.63) is 58.1 Å². The number of anilines is 2. The molecule has 0 spiro atoms. The largest absolute Gasteiger partial charge is 0.497 e. The lowest BCUT2D eigenvalue weighted by Crippen LogP contribution is -2.07. The van der Waals surface area contributed by atoms with Gasteiger partial charge in [0.05, 0.1) is 20.8 Å². The van der Waals surface area contributed by atoms with Crippen LogP contribution >= 0.6 is 23.2 Å². The molecule has 0 amide bonds. The Bertz CT molecular complexity index is 845. The molecule has 0 bridgehead atoms. The third-order valence-corrected chi connectivity index (χ3v) is 3.88. The third kappa shape index (κ3) is 4.35. The van der Waals surface area contributed by atoms with E-state index in [1.54, 1.807) is 30.0 Å². The predicted molar refractivity (Wildman–Crippen MR) is 98.4 cm³/mol. The summed E-state index contributed by atoms with van der Waals surface area (Å²) in [5.41, 5.74) is 1.75. The summed E-state index contributed by atoms with van der Waals surface area (Å²) in [7, 11) is 3.16. The zero-order valence-electron chi connectivity index (χ0n) is 13.7. The van der Waals surface area contributed by atoms with Gasteiger partial charge < -0.3 is 14.8 Å². The highest BCUT2D eigenvalue weighted by Gasteiger charge is 2.12. The summed E-state index contributed by atoms with van der Waals surface area (Å²) in [5, 5.41) is 8.56. The molecule has 0 saturated heterocycles. The molecule has 8 heteroatoms. The van der Waals surface area contributed by atoms with Gasteiger partial charge in [-0.05, 0) is 35.9 Å². The molecular formula is C17H16Cl2N4O2. The van der Waals surface area contributed by atoms with Crippen LogP contribution in [0.15, 0.2) is 42.5 Å². The molecular weight excluding hydrogens is 363 g/mol. The van der Waals surface area contributed by atoms with Gasteiger partial charge in [-0.1, -0.05) is 35.3 Å². The normalized spacial score (nSPS) is 10.6. The van der Waals surface area contributed by atoms with Crippen LogP contribution in [0.25, 0.3) is 0 Å². The van der Waals surface area contributed by atoms with Gasteiger partial charge in [0.25, 0.3) is 0 Å². The summed E-state index contributed by atoms with van der Waals surface area (Å²) in [6.07, 6.45) is 0. The topological polar surface area (TPSA) is 61.2 Å². The Balaban J connectivity index is 1.87. The number of methoxy groups -OCH3 is 2. The Morgan fingerprint density at radius 3 is 2.28 bits per heavy atom. The first-order valence-electron chi connectivity index (χ1n) is 7.42. The van der Waals surface area contributed by atoms with Crippen LogP contribution in [-0.4, -0.2) is 29.0 Å². The van der Waals surface area contributed by atoms with E-state index >= 15 is 0 Å². The molecule has 3 rings (SSSR count). The molecule has 1 heterocycles. The van der Waals surface area contributed by atoms with Crippen molar-refractivity contribution in [3.8, 4) is 11.8 Å². The van der Waals surface area contributed by atoms with Gasteiger partial charge in [0, 0.05) is 15.7 Å². The summed E-state index contributed by atoms with van der Waals surface area (Å²) < 4.78 is 12.0. The second-order valence-corrected chi connectivity index (χ2v) is 6.08. The number of halogens is 2. The molecule has 25 heavy (non-hydrogen) atoms. The SMILES string of the molecule is COc1ccc(Cn2nc(OC)nc2Nc2cc(Cl)cc(Cl)c2)cc1. The quantitative estimate of drug-likeness (QED) is 0.688. The molecule has 130 valence electrons. The highest BCUT2D eigenvalue weighted by molar-refractivity contribution is 6.35. The monoisotopic (exact) mass is 378 g/mol. The van der Waals surface area contributed by atoms with Crippen molar-refractivity contribution in [2.75, 3.05) is 19.5 Å². The minimum Gasteiger partial charge on any atom is -0.497 e. The first-order chi connectivity index (χ1) is 12.1. The fraction of sp³-hybridized carbons (Fsp3) is 0.176. The summed E-state index contributed by atoms with van der Waals surface area (Å²) >= 11 is 12.1. The molecule has 0 unspecified atom stereocenters. The second-order valence-electron chi connectivity index (χ2n) is 5.21. The standard InChI is InChI=1S/C17H16Cl2N4O2/c1-24-15-5-3-11(4-6-15)10-23-16(21-17(22-23)25-2)20-14-8-12(18)7-13(19)9-14/h3-9H,10H2,1-2H3,(H,20,21,22). The minimum absolute atomic E-state index is 0.268. The molecule has 0 atom stereocenters. The first kappa shape index (κ1) is 17.4. The summed E-state index contributed by atoms with van der Waals surface area (Å²) in [6.45, 7) is 0.511. The van der Waals surface area contributed by atoms with Crippen LogP contribution < -0.4 is 14.8 Å². The number of nitrogens with zero attached hydrogens (tertiary/aromatic N) is 3. The molecule has 0 saturated carbocycles. The highest BCUT2D eigenvalue weighted by atomic mass is 35.5. The molecule has 0 radical (unpaired) electrons. The maximum atomic E-state index is 6.04. The van der Waals surface area contributed by atoms with Crippen molar-refractivity contribution in [2.24, 2.45) is 0 Å². The summed E-state index contributed by atoms with van der Waals surface area (Å²) in [5.74, 6) is 1.32. The van der Waals surface area contributed by atoms with Crippen LogP contribution in [0, 0.1) is 0 Å². The van der Waals surface area contributed by atoms with Crippen LogP contribution in [0.4, 0.5) is 11.6 Å². The van der Waals surface area contributed by atoms with Gasteiger partial charge in [0.15, 0.2) is 0 Å². The molecule has 0 fully saturated rings. The van der Waals surface area contributed by atoms with Crippen molar-refractivity contribution < 1.29 is 9.47 Å². The Hall–Kier alpha value is -2.44. The predicted octanol–water partition coefficient (Wildman–Crippen LogP) is 4.39. The number of rotatable bonds is 6. The molecule has 0 aliphatic rings. The second kappa shape index (κ2) is 7.63. The van der Waals surface area contributed by atoms with Gasteiger partial charge in [-0.2, -0.15) is 4.98 Å². The smallest absolute Gasteiger partial charge is 0.337 e. The zero-order valence-corrected chi connectivity index (χ0v) is 15.2. The van der Waals surface area contributed by atoms with E-state index < -0.39 is 0 Å². The van der Waals surface area contributed by atoms with Gasteiger partial charge in [-0.25, -0.2) is 4.68 Å². The number of ether oxygens (including phenoxy) is 2. The van der Waals surface area contributed by atoms with Gasteiger partial charge in [0.2, 0.25) is 5.95 Å². The van der Waals surface area contributed by atoms with Crippen LogP contribution in [-0.2, 0) is 6.54 Å². The van der Waals surface area contributed by atoms with Gasteiger partial charge in [-0.3, -0.25) is 0 Å². The lowest BCUT2D eigenvalue weighted by atomic mass is 10.2. The summed E-state index contributed by atoms with van der Waals surface area (Å²) in [4.78, 5) is 4.32. The van der Waals surface area contributed by atoms with Crippen LogP contribution in [0.5, 0.6) is 11.8 Å². The van der Waals surface area contributed by atoms with Crippen LogP contribution in [0.2, 0.25) is 10.0 Å². The molecule has 0 aliphatic heterocycles. The maximum absolute atomic E-state index is 6.04. The number of aromatic nitrogens is 3. The molecule has 1 aromatic heterocycles. The first-order valence-corrected chi connectivity index (χ1v) is 8.18. The van der Waals surface area contributed by atoms with E-state index in [9.17, 15) is 0 Å². The Morgan fingerprint density at radius 2 is 1.68 bits per heavy atom. The number of nitrogens with one attached hydrogen (secondary N) is 1. The lowest BCUT2D eigenvalue weighted by Gasteiger charge is -2.09. The molecule has 2 aromatic carbocycles. The van der Waals surface area contributed by atoms with E-state index in [4.69, 9.17) is 32.7 Å². The van der Waals surface area contributed by atoms with Crippen molar-refractivity contribution in [1.82, 2.24) is 14.8 Å².